The van der Waals surface area contributed by atoms with Crippen molar-refractivity contribution in [2.45, 2.75) is 0 Å². The second-order valence-corrected chi connectivity index (χ2v) is 15.2. The Kier molecular flexibility index (Phi) is 8.83. The van der Waals surface area contributed by atoms with E-state index < -0.39 is 0 Å². The number of benzene rings is 9. The minimum Gasteiger partial charge on any atom is -0.311 e. The van der Waals surface area contributed by atoms with Gasteiger partial charge in [0.05, 0.1) is 22.2 Å². The van der Waals surface area contributed by atoms with Crippen molar-refractivity contribution in [2.24, 2.45) is 0 Å². The SMILES string of the molecule is c1ccc(-c2cc(-c3cccc(-c4ccc(N(c5ccccc5)c5ccccc5)cc4)c3)nc3ccc(-c4cccc(-n5c6ccccc6c6ccccc65)c4)cc23)cc1. The van der Waals surface area contributed by atoms with Gasteiger partial charge in [-0.25, -0.2) is 4.98 Å². The highest BCUT2D eigenvalue weighted by molar-refractivity contribution is 6.09. The van der Waals surface area contributed by atoms with Crippen LogP contribution in [-0.4, -0.2) is 9.55 Å². The largest absolute Gasteiger partial charge is 0.311 e. The van der Waals surface area contributed by atoms with Gasteiger partial charge in [0.15, 0.2) is 0 Å². The monoisotopic (exact) mass is 765 g/mol. The molecule has 0 N–H and O–H groups in total. The lowest BCUT2D eigenvalue weighted by atomic mass is 9.94. The maximum Gasteiger partial charge on any atom is 0.0716 e. The first-order valence-corrected chi connectivity index (χ1v) is 20.5. The predicted octanol–water partition coefficient (Wildman–Crippen LogP) is 15.5. The van der Waals surface area contributed by atoms with E-state index in [0.29, 0.717) is 0 Å². The number of hydrogen-bond acceptors (Lipinski definition) is 2. The molecule has 0 atom stereocenters. The van der Waals surface area contributed by atoms with Crippen molar-refractivity contribution in [2.75, 3.05) is 4.90 Å². The van der Waals surface area contributed by atoms with Crippen molar-refractivity contribution in [1.29, 1.82) is 0 Å². The summed E-state index contributed by atoms with van der Waals surface area (Å²) in [5.74, 6) is 0. The van der Waals surface area contributed by atoms with E-state index in [9.17, 15) is 0 Å². The fourth-order valence-corrected chi connectivity index (χ4v) is 8.70. The lowest BCUT2D eigenvalue weighted by Crippen LogP contribution is -2.09. The van der Waals surface area contributed by atoms with Crippen molar-refractivity contribution in [3.05, 3.63) is 237 Å². The van der Waals surface area contributed by atoms with Gasteiger partial charge in [-0.1, -0.05) is 152 Å². The van der Waals surface area contributed by atoms with Crippen LogP contribution in [0.5, 0.6) is 0 Å². The zero-order chi connectivity index (χ0) is 39.8. The van der Waals surface area contributed by atoms with Crippen LogP contribution in [0.4, 0.5) is 17.1 Å². The maximum absolute atomic E-state index is 5.32. The van der Waals surface area contributed by atoms with E-state index in [2.05, 4.69) is 246 Å². The van der Waals surface area contributed by atoms with Gasteiger partial charge < -0.3 is 9.47 Å². The van der Waals surface area contributed by atoms with E-state index in [1.54, 1.807) is 0 Å². The van der Waals surface area contributed by atoms with Crippen LogP contribution in [0.2, 0.25) is 0 Å². The summed E-state index contributed by atoms with van der Waals surface area (Å²) < 4.78 is 2.38. The Bertz CT molecular complexity index is 3200. The van der Waals surface area contributed by atoms with Crippen LogP contribution in [0, 0.1) is 0 Å². The molecule has 11 aromatic rings. The zero-order valence-electron chi connectivity index (χ0n) is 32.9. The molecule has 0 saturated heterocycles. The van der Waals surface area contributed by atoms with Crippen LogP contribution >= 0.6 is 0 Å². The number of anilines is 3. The summed E-state index contributed by atoms with van der Waals surface area (Å²) in [6.45, 7) is 0. The number of para-hydroxylation sites is 4. The highest BCUT2D eigenvalue weighted by Gasteiger charge is 2.16. The first-order valence-electron chi connectivity index (χ1n) is 20.5. The Morgan fingerprint density at radius 1 is 0.317 bits per heavy atom. The highest BCUT2D eigenvalue weighted by Crippen LogP contribution is 2.39. The first-order chi connectivity index (χ1) is 29.7. The van der Waals surface area contributed by atoms with Gasteiger partial charge in [-0.05, 0) is 118 Å². The Hall–Kier alpha value is -8.01. The maximum atomic E-state index is 5.32. The van der Waals surface area contributed by atoms with Crippen LogP contribution in [0.15, 0.2) is 237 Å². The smallest absolute Gasteiger partial charge is 0.0716 e. The molecular weight excluding hydrogens is 727 g/mol. The predicted molar refractivity (Wildman–Crippen MR) is 253 cm³/mol. The van der Waals surface area contributed by atoms with Gasteiger partial charge in [-0.15, -0.1) is 0 Å². The second kappa shape index (κ2) is 15.1. The molecular formula is C57H39N3. The van der Waals surface area contributed by atoms with Crippen LogP contribution < -0.4 is 4.90 Å². The Morgan fingerprint density at radius 3 is 1.48 bits per heavy atom. The average Bonchev–Trinajstić information content (AvgIpc) is 3.67. The molecule has 0 unspecified atom stereocenters. The van der Waals surface area contributed by atoms with Gasteiger partial charge in [0.2, 0.25) is 0 Å². The molecule has 0 amide bonds. The minimum absolute atomic E-state index is 0.945. The van der Waals surface area contributed by atoms with Crippen molar-refractivity contribution in [3.8, 4) is 50.3 Å². The summed E-state index contributed by atoms with van der Waals surface area (Å²) in [5, 5.41) is 3.64. The van der Waals surface area contributed by atoms with Gasteiger partial charge in [0, 0.05) is 44.5 Å². The van der Waals surface area contributed by atoms with Crippen LogP contribution in [0.3, 0.4) is 0 Å². The highest BCUT2D eigenvalue weighted by atomic mass is 15.1. The lowest BCUT2D eigenvalue weighted by Gasteiger charge is -2.25. The van der Waals surface area contributed by atoms with E-state index in [4.69, 9.17) is 4.98 Å². The van der Waals surface area contributed by atoms with E-state index >= 15 is 0 Å². The Labute approximate surface area is 349 Å². The number of pyridine rings is 1. The summed E-state index contributed by atoms with van der Waals surface area (Å²) in [7, 11) is 0. The summed E-state index contributed by atoms with van der Waals surface area (Å²) >= 11 is 0. The molecule has 2 heterocycles. The molecule has 0 fully saturated rings. The van der Waals surface area contributed by atoms with E-state index in [0.717, 1.165) is 78.3 Å². The molecule has 0 spiro atoms. The Balaban J connectivity index is 0.969. The van der Waals surface area contributed by atoms with E-state index in [1.807, 2.05) is 0 Å². The molecule has 3 heteroatoms. The van der Waals surface area contributed by atoms with Gasteiger partial charge in [0.1, 0.15) is 0 Å². The third kappa shape index (κ3) is 6.39. The minimum atomic E-state index is 0.945. The van der Waals surface area contributed by atoms with Crippen molar-refractivity contribution in [3.63, 3.8) is 0 Å². The molecule has 2 aromatic heterocycles. The molecule has 0 aliphatic carbocycles. The molecule has 9 aromatic carbocycles. The number of hydrogen-bond donors (Lipinski definition) is 0. The fraction of sp³-hybridized carbons (Fsp3) is 0. The molecule has 0 saturated carbocycles. The molecule has 282 valence electrons. The molecule has 60 heavy (non-hydrogen) atoms. The molecule has 11 rings (SSSR count). The van der Waals surface area contributed by atoms with Gasteiger partial charge >= 0.3 is 0 Å². The third-order valence-electron chi connectivity index (χ3n) is 11.6. The van der Waals surface area contributed by atoms with Gasteiger partial charge in [-0.2, -0.15) is 0 Å². The Morgan fingerprint density at radius 2 is 0.817 bits per heavy atom. The van der Waals surface area contributed by atoms with Crippen LogP contribution in [0.25, 0.3) is 83.0 Å². The zero-order valence-corrected chi connectivity index (χ0v) is 32.9. The van der Waals surface area contributed by atoms with E-state index in [1.165, 1.54) is 21.8 Å². The third-order valence-corrected chi connectivity index (χ3v) is 11.6. The summed E-state index contributed by atoms with van der Waals surface area (Å²) in [6.07, 6.45) is 0. The average molecular weight is 766 g/mol. The first kappa shape index (κ1) is 35.2. The molecule has 0 bridgehead atoms. The summed E-state index contributed by atoms with van der Waals surface area (Å²) in [4.78, 5) is 7.61. The van der Waals surface area contributed by atoms with Crippen LogP contribution in [0.1, 0.15) is 0 Å². The normalized spacial score (nSPS) is 11.3. The van der Waals surface area contributed by atoms with Gasteiger partial charge in [0.25, 0.3) is 0 Å². The quantitative estimate of drug-likeness (QED) is 0.154. The molecule has 0 aliphatic rings. The number of rotatable bonds is 8. The fourth-order valence-electron chi connectivity index (χ4n) is 8.70. The topological polar surface area (TPSA) is 21.1 Å². The van der Waals surface area contributed by atoms with Crippen molar-refractivity contribution >= 4 is 49.8 Å². The summed E-state index contributed by atoms with van der Waals surface area (Å²) in [6, 6.07) is 84.6. The van der Waals surface area contributed by atoms with Crippen molar-refractivity contribution < 1.29 is 0 Å². The molecule has 0 radical (unpaired) electrons. The number of fused-ring (bicyclic) bond motifs is 4. The standard InChI is InChI=1S/C57H39N3/c1-4-16-41(17-5-1)52-39-55(45-20-14-18-42(36-45)40-30-33-48(34-31-40)59(46-21-6-2-7-22-46)47-23-8-3-9-24-47)58-54-35-32-44(38-53(52)54)43-19-15-25-49(37-43)60-56-28-12-10-26-50(56)51-27-11-13-29-57(51)60/h1-39H. The number of nitrogens with zero attached hydrogens (tertiary/aromatic N) is 3. The van der Waals surface area contributed by atoms with E-state index in [-0.39, 0.29) is 0 Å². The molecule has 0 aliphatic heterocycles. The van der Waals surface area contributed by atoms with Crippen molar-refractivity contribution in [1.82, 2.24) is 9.55 Å². The lowest BCUT2D eigenvalue weighted by molar-refractivity contribution is 1.18. The summed E-state index contributed by atoms with van der Waals surface area (Å²) in [5.41, 5.74) is 16.8. The molecule has 3 nitrogen and oxygen atoms in total. The van der Waals surface area contributed by atoms with Gasteiger partial charge in [-0.3, -0.25) is 0 Å². The second-order valence-electron chi connectivity index (χ2n) is 15.2. The number of aromatic nitrogens is 2. The van der Waals surface area contributed by atoms with Crippen LogP contribution in [-0.2, 0) is 0 Å².